The van der Waals surface area contributed by atoms with Crippen molar-refractivity contribution in [1.82, 2.24) is 10.2 Å². The average Bonchev–Trinajstić information content (AvgIpc) is 2.34. The highest BCUT2D eigenvalue weighted by Crippen LogP contribution is 2.41. The molecule has 0 bridgehead atoms. The van der Waals surface area contributed by atoms with Crippen molar-refractivity contribution >= 4 is 11.8 Å². The number of nitrogens with one attached hydrogen (secondary N) is 1. The number of hydrogen-bond donors (Lipinski definition) is 2. The molecule has 6 nitrogen and oxygen atoms in total. The summed E-state index contributed by atoms with van der Waals surface area (Å²) in [6, 6.07) is 0. The maximum Gasteiger partial charge on any atom is 0.239 e. The standard InChI is InChI=1S/C13H25N3O3/c1-16(9-11(17)15-7-4-8-19-2)12(18)13(10-14)5-3-6-13/h3-10,14H2,1-2H3,(H,15,17). The van der Waals surface area contributed by atoms with Crippen LogP contribution in [0.25, 0.3) is 0 Å². The third-order valence-electron chi connectivity index (χ3n) is 3.73. The zero-order chi connectivity index (χ0) is 14.3. The van der Waals surface area contributed by atoms with E-state index in [1.165, 1.54) is 4.90 Å². The predicted octanol–water partition coefficient (Wildman–Crippen LogP) is -0.273. The van der Waals surface area contributed by atoms with Crippen molar-refractivity contribution in [3.05, 3.63) is 0 Å². The Hall–Kier alpha value is -1.14. The number of nitrogens with two attached hydrogens (primary N) is 1. The highest BCUT2D eigenvalue weighted by molar-refractivity contribution is 5.88. The van der Waals surface area contributed by atoms with Crippen LogP contribution in [-0.4, -0.2) is 57.1 Å². The lowest BCUT2D eigenvalue weighted by atomic mass is 9.68. The second-order valence-electron chi connectivity index (χ2n) is 5.20. The van der Waals surface area contributed by atoms with E-state index in [1.54, 1.807) is 14.2 Å². The summed E-state index contributed by atoms with van der Waals surface area (Å²) in [5.74, 6) is -0.147. The Bertz CT molecular complexity index is 311. The quantitative estimate of drug-likeness (QED) is 0.595. The van der Waals surface area contributed by atoms with E-state index in [-0.39, 0.29) is 18.4 Å². The van der Waals surface area contributed by atoms with Gasteiger partial charge in [0.25, 0.3) is 0 Å². The highest BCUT2D eigenvalue weighted by Gasteiger charge is 2.44. The van der Waals surface area contributed by atoms with Crippen LogP contribution >= 0.6 is 0 Å². The van der Waals surface area contributed by atoms with Gasteiger partial charge in [-0.1, -0.05) is 6.42 Å². The van der Waals surface area contributed by atoms with Gasteiger partial charge in [0.05, 0.1) is 12.0 Å². The molecule has 6 heteroatoms. The van der Waals surface area contributed by atoms with E-state index in [9.17, 15) is 9.59 Å². The molecule has 3 N–H and O–H groups in total. The van der Waals surface area contributed by atoms with E-state index in [1.807, 2.05) is 0 Å². The largest absolute Gasteiger partial charge is 0.385 e. The average molecular weight is 271 g/mol. The van der Waals surface area contributed by atoms with Crippen LogP contribution in [0, 0.1) is 5.41 Å². The summed E-state index contributed by atoms with van der Waals surface area (Å²) in [4.78, 5) is 25.4. The minimum Gasteiger partial charge on any atom is -0.385 e. The summed E-state index contributed by atoms with van der Waals surface area (Å²) < 4.78 is 4.89. The minimum atomic E-state index is -0.412. The van der Waals surface area contributed by atoms with Gasteiger partial charge in [-0.05, 0) is 19.3 Å². The molecule has 0 atom stereocenters. The second-order valence-corrected chi connectivity index (χ2v) is 5.20. The molecule has 1 aliphatic rings. The first-order valence-corrected chi connectivity index (χ1v) is 6.77. The van der Waals surface area contributed by atoms with Gasteiger partial charge in [-0.15, -0.1) is 0 Å². The Morgan fingerprint density at radius 2 is 2.11 bits per heavy atom. The van der Waals surface area contributed by atoms with Crippen molar-refractivity contribution in [1.29, 1.82) is 0 Å². The third kappa shape index (κ3) is 4.18. The van der Waals surface area contributed by atoms with Crippen molar-refractivity contribution < 1.29 is 14.3 Å². The van der Waals surface area contributed by atoms with Gasteiger partial charge in [0.2, 0.25) is 11.8 Å². The minimum absolute atomic E-state index is 0.00621. The summed E-state index contributed by atoms with van der Waals surface area (Å²) in [5, 5.41) is 2.76. The van der Waals surface area contributed by atoms with E-state index < -0.39 is 5.41 Å². The zero-order valence-electron chi connectivity index (χ0n) is 11.9. The number of rotatable bonds is 8. The van der Waals surface area contributed by atoms with Crippen molar-refractivity contribution in [3.8, 4) is 0 Å². The van der Waals surface area contributed by atoms with Gasteiger partial charge < -0.3 is 20.7 Å². The van der Waals surface area contributed by atoms with Crippen LogP contribution in [0.4, 0.5) is 0 Å². The van der Waals surface area contributed by atoms with E-state index in [0.29, 0.717) is 19.7 Å². The van der Waals surface area contributed by atoms with Crippen LogP contribution < -0.4 is 11.1 Å². The smallest absolute Gasteiger partial charge is 0.239 e. The van der Waals surface area contributed by atoms with Crippen LogP contribution in [0.2, 0.25) is 0 Å². The molecule has 1 rings (SSSR count). The predicted molar refractivity (Wildman–Crippen MR) is 72.5 cm³/mol. The Morgan fingerprint density at radius 1 is 1.42 bits per heavy atom. The van der Waals surface area contributed by atoms with Gasteiger partial charge in [0.1, 0.15) is 0 Å². The molecule has 1 saturated carbocycles. The molecule has 0 heterocycles. The van der Waals surface area contributed by atoms with Crippen molar-refractivity contribution in [2.75, 3.05) is 40.4 Å². The molecule has 0 spiro atoms. The lowest BCUT2D eigenvalue weighted by molar-refractivity contribution is -0.147. The van der Waals surface area contributed by atoms with Gasteiger partial charge >= 0.3 is 0 Å². The number of carbonyl (C=O) groups is 2. The van der Waals surface area contributed by atoms with E-state index >= 15 is 0 Å². The summed E-state index contributed by atoms with van der Waals surface area (Å²) in [7, 11) is 3.28. The lowest BCUT2D eigenvalue weighted by Gasteiger charge is -2.41. The number of amides is 2. The summed E-state index contributed by atoms with van der Waals surface area (Å²) >= 11 is 0. The number of carbonyl (C=O) groups excluding carboxylic acids is 2. The monoisotopic (exact) mass is 271 g/mol. The van der Waals surface area contributed by atoms with Crippen LogP contribution in [0.3, 0.4) is 0 Å². The summed E-state index contributed by atoms with van der Waals surface area (Å²) in [6.45, 7) is 1.64. The fourth-order valence-corrected chi connectivity index (χ4v) is 2.30. The molecule has 0 aromatic rings. The van der Waals surface area contributed by atoms with E-state index in [4.69, 9.17) is 10.5 Å². The van der Waals surface area contributed by atoms with Gasteiger partial charge in [0.15, 0.2) is 0 Å². The van der Waals surface area contributed by atoms with Crippen molar-refractivity contribution in [3.63, 3.8) is 0 Å². The zero-order valence-corrected chi connectivity index (χ0v) is 11.9. The Labute approximate surface area is 114 Å². The first kappa shape index (κ1) is 15.9. The molecule has 0 unspecified atom stereocenters. The molecule has 1 fully saturated rings. The SMILES string of the molecule is COCCCNC(=O)CN(C)C(=O)C1(CN)CCC1. The molecule has 0 radical (unpaired) electrons. The van der Waals surface area contributed by atoms with Crippen molar-refractivity contribution in [2.45, 2.75) is 25.7 Å². The number of methoxy groups -OCH3 is 1. The summed E-state index contributed by atoms with van der Waals surface area (Å²) in [5.41, 5.74) is 5.28. The summed E-state index contributed by atoms with van der Waals surface area (Å²) in [6.07, 6.45) is 3.48. The Morgan fingerprint density at radius 3 is 2.58 bits per heavy atom. The fourth-order valence-electron chi connectivity index (χ4n) is 2.30. The molecule has 19 heavy (non-hydrogen) atoms. The second kappa shape index (κ2) is 7.45. The topological polar surface area (TPSA) is 84.7 Å². The van der Waals surface area contributed by atoms with Gasteiger partial charge in [-0.3, -0.25) is 9.59 Å². The molecule has 0 aliphatic heterocycles. The van der Waals surface area contributed by atoms with Gasteiger partial charge in [0, 0.05) is 33.9 Å². The first-order valence-electron chi connectivity index (χ1n) is 6.77. The lowest BCUT2D eigenvalue weighted by Crippen LogP contribution is -2.52. The normalized spacial score (nSPS) is 16.6. The number of likely N-dealkylation sites (N-methyl/N-ethyl adjacent to an activating group) is 1. The van der Waals surface area contributed by atoms with Crippen molar-refractivity contribution in [2.24, 2.45) is 11.1 Å². The molecule has 0 aromatic carbocycles. The van der Waals surface area contributed by atoms with E-state index in [0.717, 1.165) is 25.7 Å². The number of nitrogens with zero attached hydrogens (tertiary/aromatic N) is 1. The van der Waals surface area contributed by atoms with Crippen LogP contribution in [-0.2, 0) is 14.3 Å². The molecule has 0 saturated heterocycles. The molecule has 0 aromatic heterocycles. The molecular weight excluding hydrogens is 246 g/mol. The Kier molecular flexibility index (Phi) is 6.24. The van der Waals surface area contributed by atoms with Gasteiger partial charge in [-0.25, -0.2) is 0 Å². The fraction of sp³-hybridized carbons (Fsp3) is 0.846. The van der Waals surface area contributed by atoms with Crippen LogP contribution in [0.1, 0.15) is 25.7 Å². The Balaban J connectivity index is 2.31. The van der Waals surface area contributed by atoms with Gasteiger partial charge in [-0.2, -0.15) is 0 Å². The number of ether oxygens (including phenoxy) is 1. The first-order chi connectivity index (χ1) is 9.05. The van der Waals surface area contributed by atoms with E-state index in [2.05, 4.69) is 5.32 Å². The molecule has 2 amide bonds. The third-order valence-corrected chi connectivity index (χ3v) is 3.73. The molecule has 1 aliphatic carbocycles. The molecule has 110 valence electrons. The van der Waals surface area contributed by atoms with Crippen LogP contribution in [0.5, 0.6) is 0 Å². The molecular formula is C13H25N3O3. The maximum absolute atomic E-state index is 12.2. The highest BCUT2D eigenvalue weighted by atomic mass is 16.5. The number of hydrogen-bond acceptors (Lipinski definition) is 4. The van der Waals surface area contributed by atoms with Crippen LogP contribution in [0.15, 0.2) is 0 Å². The maximum atomic E-state index is 12.2.